The zero-order valence-electron chi connectivity index (χ0n) is 20.2. The molecule has 0 bridgehead atoms. The van der Waals surface area contributed by atoms with Gasteiger partial charge in [-0.1, -0.05) is 6.07 Å². The number of aromatic nitrogens is 3. The van der Waals surface area contributed by atoms with Crippen LogP contribution in [0.2, 0.25) is 0 Å². The van der Waals surface area contributed by atoms with Crippen molar-refractivity contribution < 1.29 is 22.7 Å². The molecule has 1 N–H and O–H groups in total. The quantitative estimate of drug-likeness (QED) is 0.581. The molecule has 1 aliphatic heterocycles. The molecule has 0 radical (unpaired) electrons. The highest BCUT2D eigenvalue weighted by Crippen LogP contribution is 2.35. The molecular weight excluding hydrogens is 459 g/mol. The molecule has 1 aliphatic carbocycles. The van der Waals surface area contributed by atoms with Gasteiger partial charge in [0, 0.05) is 57.1 Å². The second-order valence-electron chi connectivity index (χ2n) is 9.74. The number of hydrogen-bond acceptors (Lipinski definition) is 5. The number of nitrogens with zero attached hydrogens (tertiary/aromatic N) is 4. The number of rotatable bonds is 9. The fourth-order valence-electron chi connectivity index (χ4n) is 4.98. The van der Waals surface area contributed by atoms with Crippen LogP contribution in [0, 0.1) is 0 Å². The van der Waals surface area contributed by atoms with Crippen LogP contribution in [0.3, 0.4) is 0 Å². The Kier molecular flexibility index (Phi) is 8.30. The lowest BCUT2D eigenvalue weighted by molar-refractivity contribution is -0.121. The van der Waals surface area contributed by atoms with Crippen molar-refractivity contribution in [2.45, 2.75) is 69.5 Å². The maximum Gasteiger partial charge on any atom is 0.272 e. The smallest absolute Gasteiger partial charge is 0.272 e. The summed E-state index contributed by atoms with van der Waals surface area (Å²) in [5.41, 5.74) is 1.62. The van der Waals surface area contributed by atoms with E-state index in [2.05, 4.69) is 20.3 Å². The first-order valence-electron chi connectivity index (χ1n) is 12.4. The van der Waals surface area contributed by atoms with Gasteiger partial charge < -0.3 is 15.0 Å². The summed E-state index contributed by atoms with van der Waals surface area (Å²) in [5, 5.41) is 7.12. The molecule has 2 aromatic rings. The molecule has 1 amide bonds. The van der Waals surface area contributed by atoms with E-state index < -0.39 is 18.7 Å². The molecular formula is C25H34F3N5O2. The Morgan fingerprint density at radius 2 is 2.03 bits per heavy atom. The van der Waals surface area contributed by atoms with Crippen LogP contribution < -0.4 is 10.1 Å². The fourth-order valence-corrected chi connectivity index (χ4v) is 4.98. The third-order valence-electron chi connectivity index (χ3n) is 7.01. The minimum absolute atomic E-state index is 0.0169. The topological polar surface area (TPSA) is 72.3 Å². The molecule has 0 atom stereocenters. The molecule has 0 aromatic carbocycles. The number of carbonyl (C=O) groups is 1. The van der Waals surface area contributed by atoms with Gasteiger partial charge in [-0.3, -0.25) is 9.48 Å². The second kappa shape index (κ2) is 11.4. The van der Waals surface area contributed by atoms with Gasteiger partial charge in [-0.2, -0.15) is 5.10 Å². The average Bonchev–Trinajstić information content (AvgIpc) is 3.12. The summed E-state index contributed by atoms with van der Waals surface area (Å²) in [4.78, 5) is 19.0. The van der Waals surface area contributed by atoms with Gasteiger partial charge in [0.15, 0.2) is 6.61 Å². The summed E-state index contributed by atoms with van der Waals surface area (Å²) in [5.74, 6) is 0.180. The number of aryl methyl sites for hydroxylation is 1. The van der Waals surface area contributed by atoms with Crippen molar-refractivity contribution in [3.05, 3.63) is 41.3 Å². The molecule has 0 spiro atoms. The van der Waals surface area contributed by atoms with Gasteiger partial charge in [-0.15, -0.1) is 0 Å². The van der Waals surface area contributed by atoms with E-state index in [4.69, 9.17) is 4.74 Å². The molecule has 10 heteroatoms. The number of pyridine rings is 1. The van der Waals surface area contributed by atoms with E-state index >= 15 is 4.39 Å². The molecule has 1 saturated carbocycles. The van der Waals surface area contributed by atoms with Gasteiger partial charge >= 0.3 is 0 Å². The summed E-state index contributed by atoms with van der Waals surface area (Å²) in [7, 11) is 1.82. The van der Waals surface area contributed by atoms with Gasteiger partial charge in [0.25, 0.3) is 6.43 Å². The van der Waals surface area contributed by atoms with E-state index in [0.717, 1.165) is 36.3 Å². The zero-order valence-corrected chi connectivity index (χ0v) is 20.2. The normalized spacial score (nSPS) is 23.1. The lowest BCUT2D eigenvalue weighted by Gasteiger charge is -2.35. The van der Waals surface area contributed by atoms with Crippen molar-refractivity contribution in [1.29, 1.82) is 0 Å². The van der Waals surface area contributed by atoms with Crippen LogP contribution in [-0.4, -0.2) is 69.9 Å². The number of nitrogens with one attached hydrogen (secondary N) is 1. The second-order valence-corrected chi connectivity index (χ2v) is 9.74. The Balaban J connectivity index is 1.19. The average molecular weight is 494 g/mol. The summed E-state index contributed by atoms with van der Waals surface area (Å²) in [6.07, 6.45) is 5.40. The number of alkyl halides is 3. The maximum absolute atomic E-state index is 15.5. The van der Waals surface area contributed by atoms with Crippen LogP contribution >= 0.6 is 0 Å². The van der Waals surface area contributed by atoms with Gasteiger partial charge in [0.2, 0.25) is 11.8 Å². The highest BCUT2D eigenvalue weighted by molar-refractivity contribution is 5.78. The molecule has 2 aromatic heterocycles. The van der Waals surface area contributed by atoms with Crippen LogP contribution in [0.4, 0.5) is 13.2 Å². The van der Waals surface area contributed by atoms with Crippen LogP contribution in [0.1, 0.15) is 48.9 Å². The SMILES string of the molecule is Cn1cc(CC(=O)N[C@H]2CC[C@](F)(CCN3CCc4ccc(OCC(F)F)nc4CC3)CC2)cn1. The van der Waals surface area contributed by atoms with Gasteiger partial charge in [0.1, 0.15) is 5.67 Å². The van der Waals surface area contributed by atoms with E-state index in [1.54, 1.807) is 16.9 Å². The first-order valence-corrected chi connectivity index (χ1v) is 12.4. The van der Waals surface area contributed by atoms with Crippen LogP contribution in [-0.2, 0) is 31.1 Å². The molecule has 35 heavy (non-hydrogen) atoms. The van der Waals surface area contributed by atoms with E-state index in [9.17, 15) is 13.6 Å². The third kappa shape index (κ3) is 7.43. The van der Waals surface area contributed by atoms with Crippen molar-refractivity contribution in [2.24, 2.45) is 7.05 Å². The highest BCUT2D eigenvalue weighted by atomic mass is 19.3. The molecule has 1 fully saturated rings. The number of carbonyl (C=O) groups excluding carboxylic acids is 1. The van der Waals surface area contributed by atoms with Gasteiger partial charge in [-0.05, 0) is 49.7 Å². The fraction of sp³-hybridized carbons (Fsp3) is 0.640. The van der Waals surface area contributed by atoms with Crippen LogP contribution in [0.25, 0.3) is 0 Å². The van der Waals surface area contributed by atoms with Crippen LogP contribution in [0.5, 0.6) is 5.88 Å². The monoisotopic (exact) mass is 493 g/mol. The van der Waals surface area contributed by atoms with Crippen molar-refractivity contribution in [3.8, 4) is 5.88 Å². The largest absolute Gasteiger partial charge is 0.472 e. The Bertz CT molecular complexity index is 991. The molecule has 2 aliphatic rings. The van der Waals surface area contributed by atoms with E-state index in [0.29, 0.717) is 45.1 Å². The lowest BCUT2D eigenvalue weighted by atomic mass is 9.81. The maximum atomic E-state index is 15.5. The van der Waals surface area contributed by atoms with Crippen LogP contribution in [0.15, 0.2) is 24.5 Å². The molecule has 0 saturated heterocycles. The number of hydrogen-bond donors (Lipinski definition) is 1. The van der Waals surface area contributed by atoms with Crippen molar-refractivity contribution >= 4 is 5.91 Å². The predicted molar refractivity (Wildman–Crippen MR) is 125 cm³/mol. The molecule has 192 valence electrons. The Morgan fingerprint density at radius 1 is 1.26 bits per heavy atom. The Hall–Kier alpha value is -2.62. The van der Waals surface area contributed by atoms with Crippen molar-refractivity contribution in [3.63, 3.8) is 0 Å². The summed E-state index contributed by atoms with van der Waals surface area (Å²) < 4.78 is 47.0. The van der Waals surface area contributed by atoms with E-state index in [-0.39, 0.29) is 24.2 Å². The predicted octanol–water partition coefficient (Wildman–Crippen LogP) is 3.26. The first-order chi connectivity index (χ1) is 16.8. The first kappa shape index (κ1) is 25.5. The third-order valence-corrected chi connectivity index (χ3v) is 7.01. The molecule has 4 rings (SSSR count). The van der Waals surface area contributed by atoms with Crippen molar-refractivity contribution in [1.82, 2.24) is 25.0 Å². The van der Waals surface area contributed by atoms with Crippen molar-refractivity contribution in [2.75, 3.05) is 26.2 Å². The molecule has 0 unspecified atom stereocenters. The molecule has 7 nitrogen and oxygen atoms in total. The zero-order chi connectivity index (χ0) is 24.8. The number of fused-ring (bicyclic) bond motifs is 1. The number of ether oxygens (including phenoxy) is 1. The Morgan fingerprint density at radius 3 is 2.74 bits per heavy atom. The minimum Gasteiger partial charge on any atom is -0.472 e. The van der Waals surface area contributed by atoms with Gasteiger partial charge in [-0.25, -0.2) is 18.2 Å². The highest BCUT2D eigenvalue weighted by Gasteiger charge is 2.36. The standard InChI is InChI=1S/C25H34F3N5O2/c1-32-16-18(15-29-32)14-23(34)30-20-4-8-25(28,9-5-20)10-13-33-11-6-19-2-3-24(35-17-22(26)27)31-21(19)7-12-33/h2-3,15-16,20,22H,4-14,17H2,1H3,(H,30,34)/t20-,25+. The summed E-state index contributed by atoms with van der Waals surface area (Å²) in [6, 6.07) is 3.55. The van der Waals surface area contributed by atoms with E-state index in [1.807, 2.05) is 19.3 Å². The summed E-state index contributed by atoms with van der Waals surface area (Å²) >= 11 is 0. The number of amides is 1. The lowest BCUT2D eigenvalue weighted by Crippen LogP contribution is -2.43. The minimum atomic E-state index is -2.53. The number of halogens is 3. The van der Waals surface area contributed by atoms with E-state index in [1.165, 1.54) is 0 Å². The summed E-state index contributed by atoms with van der Waals surface area (Å²) in [6.45, 7) is 1.57. The molecule has 3 heterocycles. The van der Waals surface area contributed by atoms with Gasteiger partial charge in [0.05, 0.1) is 12.6 Å². The Labute approximate surface area is 204 Å².